The van der Waals surface area contributed by atoms with Gasteiger partial charge in [0.1, 0.15) is 13.2 Å². The van der Waals surface area contributed by atoms with Crippen molar-refractivity contribution < 1.29 is 28.6 Å². The van der Waals surface area contributed by atoms with Crippen molar-refractivity contribution >= 4 is 17.9 Å². The molecule has 0 aromatic heterocycles. The summed E-state index contributed by atoms with van der Waals surface area (Å²) in [7, 11) is 0. The van der Waals surface area contributed by atoms with Crippen molar-refractivity contribution in [2.24, 2.45) is 0 Å². The van der Waals surface area contributed by atoms with E-state index in [0.717, 1.165) is 141 Å². The molecule has 0 rings (SSSR count). The first-order valence-electron chi connectivity index (χ1n) is 27.6. The molecule has 0 aliphatic heterocycles. The summed E-state index contributed by atoms with van der Waals surface area (Å²) in [6.45, 7) is 6.33. The quantitative estimate of drug-likeness (QED) is 0.0199. The predicted molar refractivity (Wildman–Crippen MR) is 293 cm³/mol. The molecule has 0 fully saturated rings. The van der Waals surface area contributed by atoms with Crippen LogP contribution in [0.25, 0.3) is 0 Å². The molecule has 0 bridgehead atoms. The summed E-state index contributed by atoms with van der Waals surface area (Å²) in [5.74, 6) is -0.964. The molecule has 68 heavy (non-hydrogen) atoms. The van der Waals surface area contributed by atoms with Crippen LogP contribution in [0.3, 0.4) is 0 Å². The van der Waals surface area contributed by atoms with Crippen LogP contribution in [-0.2, 0) is 28.6 Å². The molecule has 0 N–H and O–H groups in total. The second-order valence-corrected chi connectivity index (χ2v) is 17.8. The van der Waals surface area contributed by atoms with E-state index in [9.17, 15) is 14.4 Å². The number of carbonyl (C=O) groups is 3. The van der Waals surface area contributed by atoms with Crippen molar-refractivity contribution in [2.45, 2.75) is 239 Å². The summed E-state index contributed by atoms with van der Waals surface area (Å²) in [6, 6.07) is 0. The van der Waals surface area contributed by atoms with Crippen molar-refractivity contribution in [2.75, 3.05) is 13.2 Å². The van der Waals surface area contributed by atoms with Gasteiger partial charge >= 0.3 is 17.9 Å². The lowest BCUT2D eigenvalue weighted by molar-refractivity contribution is -0.167. The van der Waals surface area contributed by atoms with Gasteiger partial charge in [-0.3, -0.25) is 14.4 Å². The van der Waals surface area contributed by atoms with E-state index in [2.05, 4.69) is 142 Å². The zero-order valence-electron chi connectivity index (χ0n) is 43.8. The molecule has 1 unspecified atom stereocenters. The first kappa shape index (κ1) is 63.8. The van der Waals surface area contributed by atoms with E-state index in [-0.39, 0.29) is 31.1 Å². The Balaban J connectivity index is 4.51. The standard InChI is InChI=1S/C62H100O6/c1-4-7-10-13-16-19-22-25-28-30-31-32-35-37-40-43-46-49-52-55-61(64)67-58-59(57-66-60(63)54-51-48-45-42-39-36-33-27-24-21-18-15-12-9-6-3)68-62(65)56-53-50-47-44-41-38-34-29-26-23-20-17-14-11-8-5-2/h7-8,10-11,16-21,24-29,31-32,37,40,59H,4-6,9,12-15,22-23,30,33-36,38-39,41-58H2,1-3H3/b10-7-,11-8-,19-16-,20-17-,21-18-,27-24-,28-25-,29-26-,32-31-,40-37-. The fourth-order valence-corrected chi connectivity index (χ4v) is 7.12. The van der Waals surface area contributed by atoms with E-state index in [1.165, 1.54) is 51.4 Å². The Kier molecular flexibility index (Phi) is 52.0. The molecule has 0 aliphatic rings. The summed E-state index contributed by atoms with van der Waals surface area (Å²) < 4.78 is 16.8. The number of ether oxygens (including phenoxy) is 3. The van der Waals surface area contributed by atoms with Gasteiger partial charge < -0.3 is 14.2 Å². The molecule has 0 heterocycles. The van der Waals surface area contributed by atoms with Gasteiger partial charge in [0.25, 0.3) is 0 Å². The Hall–Kier alpha value is -4.19. The van der Waals surface area contributed by atoms with Gasteiger partial charge in [-0.2, -0.15) is 0 Å². The Morgan fingerprint density at radius 3 is 1.00 bits per heavy atom. The Morgan fingerprint density at radius 1 is 0.324 bits per heavy atom. The maximum Gasteiger partial charge on any atom is 0.306 e. The van der Waals surface area contributed by atoms with Crippen LogP contribution in [0.4, 0.5) is 0 Å². The maximum atomic E-state index is 12.8. The van der Waals surface area contributed by atoms with Crippen molar-refractivity contribution in [1.82, 2.24) is 0 Å². The molecule has 6 heteroatoms. The molecule has 0 radical (unpaired) electrons. The molecule has 0 amide bonds. The van der Waals surface area contributed by atoms with E-state index in [1.54, 1.807) is 0 Å². The molecular formula is C62H100O6. The van der Waals surface area contributed by atoms with E-state index < -0.39 is 6.10 Å². The van der Waals surface area contributed by atoms with Crippen LogP contribution >= 0.6 is 0 Å². The first-order valence-corrected chi connectivity index (χ1v) is 27.6. The predicted octanol–water partition coefficient (Wildman–Crippen LogP) is 18.5. The van der Waals surface area contributed by atoms with Crippen molar-refractivity contribution in [3.63, 3.8) is 0 Å². The van der Waals surface area contributed by atoms with Gasteiger partial charge in [0.05, 0.1) is 0 Å². The van der Waals surface area contributed by atoms with Crippen LogP contribution in [-0.4, -0.2) is 37.2 Å². The van der Waals surface area contributed by atoms with Crippen molar-refractivity contribution in [3.8, 4) is 0 Å². The van der Waals surface area contributed by atoms with Gasteiger partial charge in [0.2, 0.25) is 0 Å². The summed E-state index contributed by atoms with van der Waals surface area (Å²) in [4.78, 5) is 38.1. The molecule has 1 atom stereocenters. The lowest BCUT2D eigenvalue weighted by atomic mass is 10.1. The molecular weight excluding hydrogens is 841 g/mol. The van der Waals surface area contributed by atoms with E-state index in [4.69, 9.17) is 14.2 Å². The monoisotopic (exact) mass is 941 g/mol. The number of carbonyl (C=O) groups excluding carboxylic acids is 3. The van der Waals surface area contributed by atoms with E-state index in [0.29, 0.717) is 19.3 Å². The highest BCUT2D eigenvalue weighted by Gasteiger charge is 2.19. The van der Waals surface area contributed by atoms with Crippen LogP contribution in [0, 0.1) is 0 Å². The van der Waals surface area contributed by atoms with Gasteiger partial charge in [0.15, 0.2) is 6.10 Å². The van der Waals surface area contributed by atoms with Crippen LogP contribution in [0.1, 0.15) is 233 Å². The highest BCUT2D eigenvalue weighted by atomic mass is 16.6. The molecule has 0 saturated carbocycles. The largest absolute Gasteiger partial charge is 0.462 e. The molecule has 0 saturated heterocycles. The molecule has 384 valence electrons. The number of allylic oxidation sites excluding steroid dienone is 20. The number of hydrogen-bond acceptors (Lipinski definition) is 6. The fourth-order valence-electron chi connectivity index (χ4n) is 7.12. The SMILES string of the molecule is CC/C=C\C/C=C\C/C=C\C/C=C\C/C=C\CCCCCC(=O)OCC(COC(=O)CCCCCCCC/C=C\C=C/CCCCC)OC(=O)CCCCCCCC/C=C\C/C=C\C/C=C\CC. The zero-order valence-corrected chi connectivity index (χ0v) is 43.8. The smallest absolute Gasteiger partial charge is 0.306 e. The number of rotatable bonds is 48. The molecule has 0 aromatic carbocycles. The van der Waals surface area contributed by atoms with Gasteiger partial charge in [-0.1, -0.05) is 213 Å². The van der Waals surface area contributed by atoms with Crippen molar-refractivity contribution in [1.29, 1.82) is 0 Å². The van der Waals surface area contributed by atoms with Gasteiger partial charge in [-0.05, 0) is 122 Å². The number of unbranched alkanes of at least 4 members (excludes halogenated alkanes) is 18. The summed E-state index contributed by atoms with van der Waals surface area (Å²) in [5, 5.41) is 0. The Labute approximate surface area is 418 Å². The van der Waals surface area contributed by atoms with E-state index >= 15 is 0 Å². The number of hydrogen-bond donors (Lipinski definition) is 0. The van der Waals surface area contributed by atoms with Crippen LogP contribution in [0.2, 0.25) is 0 Å². The molecule has 0 spiro atoms. The summed E-state index contributed by atoms with van der Waals surface area (Å²) >= 11 is 0. The van der Waals surface area contributed by atoms with Gasteiger partial charge in [-0.25, -0.2) is 0 Å². The minimum atomic E-state index is -0.808. The molecule has 6 nitrogen and oxygen atoms in total. The molecule has 0 aromatic rings. The Bertz CT molecular complexity index is 1450. The topological polar surface area (TPSA) is 78.9 Å². The molecule has 0 aliphatic carbocycles. The van der Waals surface area contributed by atoms with Gasteiger partial charge in [-0.15, -0.1) is 0 Å². The average Bonchev–Trinajstić information content (AvgIpc) is 3.34. The average molecular weight is 941 g/mol. The summed E-state index contributed by atoms with van der Waals surface area (Å²) in [5.41, 5.74) is 0. The fraction of sp³-hybridized carbons (Fsp3) is 0.629. The Morgan fingerprint density at radius 2 is 0.618 bits per heavy atom. The minimum Gasteiger partial charge on any atom is -0.462 e. The second kappa shape index (κ2) is 55.4. The summed E-state index contributed by atoms with van der Waals surface area (Å²) in [6.07, 6.45) is 76.1. The van der Waals surface area contributed by atoms with E-state index in [1.807, 2.05) is 0 Å². The first-order chi connectivity index (χ1) is 33.5. The minimum absolute atomic E-state index is 0.104. The third kappa shape index (κ3) is 52.8. The lowest BCUT2D eigenvalue weighted by Gasteiger charge is -2.18. The zero-order chi connectivity index (χ0) is 49.3. The van der Waals surface area contributed by atoms with Gasteiger partial charge in [0, 0.05) is 19.3 Å². The maximum absolute atomic E-state index is 12.8. The highest BCUT2D eigenvalue weighted by molar-refractivity contribution is 5.71. The third-order valence-electron chi connectivity index (χ3n) is 11.2. The van der Waals surface area contributed by atoms with Crippen LogP contribution in [0.5, 0.6) is 0 Å². The van der Waals surface area contributed by atoms with Crippen molar-refractivity contribution in [3.05, 3.63) is 122 Å². The third-order valence-corrected chi connectivity index (χ3v) is 11.2. The van der Waals surface area contributed by atoms with Crippen LogP contribution in [0.15, 0.2) is 122 Å². The second-order valence-electron chi connectivity index (χ2n) is 17.8. The normalized spacial score (nSPS) is 13.0. The van der Waals surface area contributed by atoms with Crippen LogP contribution < -0.4 is 0 Å². The lowest BCUT2D eigenvalue weighted by Crippen LogP contribution is -2.30. The highest BCUT2D eigenvalue weighted by Crippen LogP contribution is 2.13. The number of esters is 3.